The number of para-hydroxylation sites is 1. The summed E-state index contributed by atoms with van der Waals surface area (Å²) in [5.41, 5.74) is 0.878. The van der Waals surface area contributed by atoms with Crippen molar-refractivity contribution in [2.75, 3.05) is 0 Å². The van der Waals surface area contributed by atoms with Gasteiger partial charge >= 0.3 is 0 Å². The van der Waals surface area contributed by atoms with E-state index in [1.807, 2.05) is 79.1 Å². The lowest BCUT2D eigenvalue weighted by Crippen LogP contribution is -2.14. The number of aromatic nitrogens is 1. The molecule has 118 valence electrons. The summed E-state index contributed by atoms with van der Waals surface area (Å²) >= 11 is 0. The molecule has 3 nitrogen and oxygen atoms in total. The van der Waals surface area contributed by atoms with Gasteiger partial charge in [0.1, 0.15) is 0 Å². The highest BCUT2D eigenvalue weighted by molar-refractivity contribution is 6.20. The molecule has 0 unspecified atom stereocenters. The number of hydrogen-bond acceptors (Lipinski definition) is 2. The van der Waals surface area contributed by atoms with Crippen LogP contribution in [-0.4, -0.2) is 4.98 Å². The molecule has 25 heavy (non-hydrogen) atoms. The number of pyridine rings is 1. The second-order valence-corrected chi connectivity index (χ2v) is 6.11. The number of nitrogens with one attached hydrogen (secondary N) is 1. The summed E-state index contributed by atoms with van der Waals surface area (Å²) in [5, 5.41) is 6.13. The highest BCUT2D eigenvalue weighted by atomic mass is 16.1. The van der Waals surface area contributed by atoms with Crippen LogP contribution >= 0.6 is 0 Å². The average molecular weight is 322 g/mol. The predicted octanol–water partition coefficient (Wildman–Crippen LogP) is 4.50. The van der Waals surface area contributed by atoms with Gasteiger partial charge in [-0.05, 0) is 29.0 Å². The van der Waals surface area contributed by atoms with Crippen LogP contribution in [0.15, 0.2) is 88.9 Å². The van der Waals surface area contributed by atoms with Crippen molar-refractivity contribution >= 4 is 38.0 Å². The Morgan fingerprint density at radius 2 is 1.44 bits per heavy atom. The van der Waals surface area contributed by atoms with Gasteiger partial charge in [0, 0.05) is 28.6 Å². The minimum Gasteiger partial charge on any atom is -0.366 e. The molecule has 1 aromatic heterocycles. The number of H-pyrrole nitrogens is 1. The van der Waals surface area contributed by atoms with Gasteiger partial charge in [-0.15, -0.1) is 0 Å². The first-order valence-electron chi connectivity index (χ1n) is 8.20. The molecule has 0 saturated heterocycles. The fraction of sp³-hybridized carbons (Fsp3) is 0. The van der Waals surface area contributed by atoms with Crippen LogP contribution in [0.2, 0.25) is 0 Å². The predicted molar refractivity (Wildman–Crippen MR) is 102 cm³/mol. The molecule has 0 bridgehead atoms. The summed E-state index contributed by atoms with van der Waals surface area (Å²) < 4.78 is 0. The van der Waals surface area contributed by atoms with E-state index >= 15 is 0 Å². The van der Waals surface area contributed by atoms with Crippen LogP contribution in [0.25, 0.3) is 32.3 Å². The van der Waals surface area contributed by atoms with Gasteiger partial charge in [-0.1, -0.05) is 48.5 Å². The average Bonchev–Trinajstić information content (AvgIpc) is 2.67. The van der Waals surface area contributed by atoms with Gasteiger partial charge in [0.05, 0.1) is 16.4 Å². The Bertz CT molecular complexity index is 1350. The first-order valence-corrected chi connectivity index (χ1v) is 8.20. The molecule has 3 heteroatoms. The SMILES string of the molecule is O=c1c2ccccc2c2c[nH]cc3ccc(=Nc4ccccc4)c1c32. The Hall–Kier alpha value is -3.46. The molecule has 0 amide bonds. The monoisotopic (exact) mass is 322 g/mol. The van der Waals surface area contributed by atoms with Crippen molar-refractivity contribution in [1.29, 1.82) is 0 Å². The van der Waals surface area contributed by atoms with Crippen molar-refractivity contribution in [3.05, 3.63) is 94.7 Å². The largest absolute Gasteiger partial charge is 0.366 e. The number of nitrogens with zero attached hydrogens (tertiary/aromatic N) is 1. The first kappa shape index (κ1) is 13.9. The van der Waals surface area contributed by atoms with Gasteiger partial charge in [-0.25, -0.2) is 4.99 Å². The van der Waals surface area contributed by atoms with Gasteiger partial charge in [0.25, 0.3) is 0 Å². The molecule has 0 spiro atoms. The maximum Gasteiger partial charge on any atom is 0.196 e. The van der Waals surface area contributed by atoms with E-state index in [-0.39, 0.29) is 5.43 Å². The number of benzene rings is 4. The van der Waals surface area contributed by atoms with Crippen molar-refractivity contribution in [1.82, 2.24) is 4.98 Å². The molecular formula is C22H14N2O. The molecule has 5 rings (SSSR count). The van der Waals surface area contributed by atoms with Crippen LogP contribution in [0, 0.1) is 0 Å². The molecular weight excluding hydrogens is 308 g/mol. The van der Waals surface area contributed by atoms with Crippen LogP contribution in [0.4, 0.5) is 5.69 Å². The highest BCUT2D eigenvalue weighted by Crippen LogP contribution is 2.28. The Labute approximate surface area is 143 Å². The number of fused-ring (bicyclic) bond motifs is 2. The van der Waals surface area contributed by atoms with Crippen molar-refractivity contribution in [2.24, 2.45) is 4.99 Å². The number of hydrogen-bond donors (Lipinski definition) is 1. The molecule has 0 aliphatic carbocycles. The number of rotatable bonds is 1. The van der Waals surface area contributed by atoms with E-state index in [4.69, 9.17) is 4.99 Å². The Morgan fingerprint density at radius 1 is 0.680 bits per heavy atom. The molecule has 1 N–H and O–H groups in total. The topological polar surface area (TPSA) is 45.2 Å². The normalized spacial score (nSPS) is 12.4. The second kappa shape index (κ2) is 5.28. The van der Waals surface area contributed by atoms with Crippen molar-refractivity contribution in [3.8, 4) is 0 Å². The van der Waals surface area contributed by atoms with Gasteiger partial charge in [-0.3, -0.25) is 4.79 Å². The van der Waals surface area contributed by atoms with Gasteiger partial charge in [0.2, 0.25) is 0 Å². The quantitative estimate of drug-likeness (QED) is 0.358. The molecule has 0 fully saturated rings. The highest BCUT2D eigenvalue weighted by Gasteiger charge is 2.13. The van der Waals surface area contributed by atoms with Crippen molar-refractivity contribution in [2.45, 2.75) is 0 Å². The Balaban J connectivity index is 2.07. The lowest BCUT2D eigenvalue weighted by atomic mass is 9.96. The Morgan fingerprint density at radius 3 is 2.28 bits per heavy atom. The van der Waals surface area contributed by atoms with Crippen LogP contribution in [0.1, 0.15) is 0 Å². The third kappa shape index (κ3) is 2.06. The third-order valence-corrected chi connectivity index (χ3v) is 4.65. The summed E-state index contributed by atoms with van der Waals surface area (Å²) in [5.74, 6) is 0. The third-order valence-electron chi connectivity index (χ3n) is 4.65. The van der Waals surface area contributed by atoms with Crippen LogP contribution < -0.4 is 10.8 Å². The fourth-order valence-corrected chi connectivity index (χ4v) is 3.53. The molecule has 5 aromatic rings. The van der Waals surface area contributed by atoms with E-state index in [2.05, 4.69) is 4.98 Å². The van der Waals surface area contributed by atoms with E-state index in [1.54, 1.807) is 0 Å². The fourth-order valence-electron chi connectivity index (χ4n) is 3.53. The molecule has 0 radical (unpaired) electrons. The summed E-state index contributed by atoms with van der Waals surface area (Å²) in [4.78, 5) is 21.2. The first-order chi connectivity index (χ1) is 12.3. The second-order valence-electron chi connectivity index (χ2n) is 6.11. The lowest BCUT2D eigenvalue weighted by molar-refractivity contribution is 1.36. The molecule has 0 aliphatic heterocycles. The van der Waals surface area contributed by atoms with E-state index in [0.717, 1.165) is 32.6 Å². The zero-order valence-electron chi connectivity index (χ0n) is 13.4. The van der Waals surface area contributed by atoms with Gasteiger partial charge in [0.15, 0.2) is 5.43 Å². The van der Waals surface area contributed by atoms with Crippen molar-refractivity contribution < 1.29 is 0 Å². The van der Waals surface area contributed by atoms with E-state index < -0.39 is 0 Å². The van der Waals surface area contributed by atoms with Crippen LogP contribution in [-0.2, 0) is 0 Å². The van der Waals surface area contributed by atoms with E-state index in [0.29, 0.717) is 10.7 Å². The van der Waals surface area contributed by atoms with Crippen LogP contribution in [0.3, 0.4) is 0 Å². The Kier molecular flexibility index (Phi) is 2.94. The lowest BCUT2D eigenvalue weighted by Gasteiger charge is -2.09. The van der Waals surface area contributed by atoms with Gasteiger partial charge in [-0.2, -0.15) is 0 Å². The summed E-state index contributed by atoms with van der Waals surface area (Å²) in [6.45, 7) is 0. The van der Waals surface area contributed by atoms with Crippen LogP contribution in [0.5, 0.6) is 0 Å². The molecule has 0 atom stereocenters. The minimum absolute atomic E-state index is 0.0366. The van der Waals surface area contributed by atoms with Crippen molar-refractivity contribution in [3.63, 3.8) is 0 Å². The molecule has 4 aromatic carbocycles. The number of aromatic amines is 1. The summed E-state index contributed by atoms with van der Waals surface area (Å²) in [6, 6.07) is 21.4. The summed E-state index contributed by atoms with van der Waals surface area (Å²) in [7, 11) is 0. The smallest absolute Gasteiger partial charge is 0.196 e. The maximum atomic E-state index is 13.2. The zero-order chi connectivity index (χ0) is 16.8. The van der Waals surface area contributed by atoms with E-state index in [9.17, 15) is 4.79 Å². The maximum absolute atomic E-state index is 13.2. The molecule has 1 heterocycles. The molecule has 0 saturated carbocycles. The summed E-state index contributed by atoms with van der Waals surface area (Å²) in [6.07, 6.45) is 3.89. The van der Waals surface area contributed by atoms with Gasteiger partial charge < -0.3 is 4.98 Å². The van der Waals surface area contributed by atoms with E-state index in [1.165, 1.54) is 0 Å². The zero-order valence-corrected chi connectivity index (χ0v) is 13.4. The minimum atomic E-state index is 0.0366. The standard InChI is InChI=1S/C22H14N2O/c25-22-17-9-5-4-8-16(17)18-13-23-12-14-10-11-19(21(22)20(14)18)24-15-6-2-1-3-7-15/h1-13,23H. The molecule has 0 aliphatic rings.